The molecule has 0 rings (SSSR count). The minimum atomic E-state index is -0.954. The Labute approximate surface area is 60.7 Å². The van der Waals surface area contributed by atoms with E-state index in [4.69, 9.17) is 10.2 Å². The van der Waals surface area contributed by atoms with Crippen LogP contribution < -0.4 is 0 Å². The lowest BCUT2D eigenvalue weighted by atomic mass is 10.1. The van der Waals surface area contributed by atoms with Crippen molar-refractivity contribution < 1.29 is 15.0 Å². The molecule has 0 aromatic carbocycles. The van der Waals surface area contributed by atoms with Gasteiger partial charge in [-0.1, -0.05) is 19.8 Å². The number of carbonyl (C=O) groups excluding carboxylic acids is 1. The standard InChI is InChI=1S/C7H14O3/c1-2-3-4-6(9)7(10)5-8/h6,8-9H,2-5H2,1H3/t6-/m1/s1. The topological polar surface area (TPSA) is 57.5 Å². The minimum Gasteiger partial charge on any atom is -0.388 e. The van der Waals surface area contributed by atoms with Crippen LogP contribution in [0.2, 0.25) is 0 Å². The molecule has 0 saturated carbocycles. The van der Waals surface area contributed by atoms with E-state index in [9.17, 15) is 4.79 Å². The van der Waals surface area contributed by atoms with E-state index >= 15 is 0 Å². The van der Waals surface area contributed by atoms with Crippen molar-refractivity contribution in [1.29, 1.82) is 0 Å². The van der Waals surface area contributed by atoms with Gasteiger partial charge >= 0.3 is 0 Å². The van der Waals surface area contributed by atoms with E-state index in [1.54, 1.807) is 0 Å². The van der Waals surface area contributed by atoms with E-state index in [2.05, 4.69) is 0 Å². The van der Waals surface area contributed by atoms with Crippen LogP contribution in [0.3, 0.4) is 0 Å². The van der Waals surface area contributed by atoms with Crippen LogP contribution in [0.1, 0.15) is 26.2 Å². The Bertz CT molecular complexity index is 101. The molecule has 0 heterocycles. The lowest BCUT2D eigenvalue weighted by Gasteiger charge is -2.04. The largest absolute Gasteiger partial charge is 0.388 e. The van der Waals surface area contributed by atoms with Gasteiger partial charge in [-0.25, -0.2) is 0 Å². The third kappa shape index (κ3) is 3.58. The van der Waals surface area contributed by atoms with Gasteiger partial charge in [0.1, 0.15) is 12.7 Å². The van der Waals surface area contributed by atoms with Gasteiger partial charge in [0.25, 0.3) is 0 Å². The third-order valence-electron chi connectivity index (χ3n) is 1.36. The highest BCUT2D eigenvalue weighted by molar-refractivity contribution is 5.83. The predicted molar refractivity (Wildman–Crippen MR) is 37.6 cm³/mol. The second-order valence-corrected chi connectivity index (χ2v) is 2.28. The summed E-state index contributed by atoms with van der Waals surface area (Å²) in [7, 11) is 0. The summed E-state index contributed by atoms with van der Waals surface area (Å²) in [5.74, 6) is -0.478. The van der Waals surface area contributed by atoms with Gasteiger partial charge in [0.2, 0.25) is 0 Å². The molecule has 0 aliphatic carbocycles. The summed E-state index contributed by atoms with van der Waals surface area (Å²) in [6.45, 7) is 1.43. The normalized spacial score (nSPS) is 13.1. The monoisotopic (exact) mass is 146 g/mol. The highest BCUT2D eigenvalue weighted by Gasteiger charge is 2.11. The molecule has 3 heteroatoms. The Balaban J connectivity index is 3.41. The smallest absolute Gasteiger partial charge is 0.186 e. The van der Waals surface area contributed by atoms with Crippen LogP contribution >= 0.6 is 0 Å². The van der Waals surface area contributed by atoms with Gasteiger partial charge in [0.15, 0.2) is 5.78 Å². The van der Waals surface area contributed by atoms with E-state index in [0.717, 1.165) is 12.8 Å². The number of unbranched alkanes of at least 4 members (excludes halogenated alkanes) is 1. The van der Waals surface area contributed by atoms with Gasteiger partial charge in [0.05, 0.1) is 0 Å². The minimum absolute atomic E-state index is 0.468. The molecule has 0 saturated heterocycles. The second-order valence-electron chi connectivity index (χ2n) is 2.28. The molecule has 1 atom stereocenters. The Morgan fingerprint density at radius 3 is 2.60 bits per heavy atom. The number of aliphatic hydroxyl groups is 2. The molecule has 0 bridgehead atoms. The number of ketones is 1. The van der Waals surface area contributed by atoms with Crippen molar-refractivity contribution in [2.45, 2.75) is 32.3 Å². The first-order valence-corrected chi connectivity index (χ1v) is 3.54. The number of aliphatic hydroxyl groups excluding tert-OH is 2. The Morgan fingerprint density at radius 1 is 1.60 bits per heavy atom. The van der Waals surface area contributed by atoms with Gasteiger partial charge in [-0.05, 0) is 6.42 Å². The molecular formula is C7H14O3. The Morgan fingerprint density at radius 2 is 2.20 bits per heavy atom. The van der Waals surface area contributed by atoms with Gasteiger partial charge in [-0.3, -0.25) is 4.79 Å². The third-order valence-corrected chi connectivity index (χ3v) is 1.36. The summed E-state index contributed by atoms with van der Waals surface area (Å²) in [4.78, 5) is 10.5. The summed E-state index contributed by atoms with van der Waals surface area (Å²) in [6.07, 6.45) is 1.29. The van der Waals surface area contributed by atoms with Crippen molar-refractivity contribution in [3.05, 3.63) is 0 Å². The molecule has 0 fully saturated rings. The van der Waals surface area contributed by atoms with Gasteiger partial charge in [0, 0.05) is 0 Å². The number of Topliss-reactive ketones (excluding diaryl/α,β-unsaturated/α-hetero) is 1. The van der Waals surface area contributed by atoms with Crippen LogP contribution in [0, 0.1) is 0 Å². The molecule has 0 aliphatic heterocycles. The Hall–Kier alpha value is -0.410. The molecule has 10 heavy (non-hydrogen) atoms. The van der Waals surface area contributed by atoms with Crippen LogP contribution in [0.25, 0.3) is 0 Å². The summed E-state index contributed by atoms with van der Waals surface area (Å²) < 4.78 is 0. The predicted octanol–water partition coefficient (Wildman–Crippen LogP) is 0.0989. The fourth-order valence-electron chi connectivity index (χ4n) is 0.664. The van der Waals surface area contributed by atoms with Crippen molar-refractivity contribution in [2.24, 2.45) is 0 Å². The number of carbonyl (C=O) groups is 1. The molecule has 0 amide bonds. The van der Waals surface area contributed by atoms with Crippen molar-refractivity contribution in [3.63, 3.8) is 0 Å². The first-order chi connectivity index (χ1) is 4.72. The molecule has 3 nitrogen and oxygen atoms in total. The van der Waals surface area contributed by atoms with Crippen LogP contribution in [0.4, 0.5) is 0 Å². The van der Waals surface area contributed by atoms with Crippen LogP contribution in [-0.2, 0) is 4.79 Å². The average Bonchev–Trinajstić information content (AvgIpc) is 1.98. The molecule has 0 unspecified atom stereocenters. The zero-order valence-corrected chi connectivity index (χ0v) is 6.21. The summed E-state index contributed by atoms with van der Waals surface area (Å²) in [5, 5.41) is 17.2. The van der Waals surface area contributed by atoms with Gasteiger partial charge < -0.3 is 10.2 Å². The maximum atomic E-state index is 10.5. The molecular weight excluding hydrogens is 132 g/mol. The zero-order valence-electron chi connectivity index (χ0n) is 6.21. The fraction of sp³-hybridized carbons (Fsp3) is 0.857. The molecule has 2 N–H and O–H groups in total. The molecule has 0 aromatic heterocycles. The highest BCUT2D eigenvalue weighted by Crippen LogP contribution is 2.00. The van der Waals surface area contributed by atoms with Crippen LogP contribution in [-0.4, -0.2) is 28.7 Å². The van der Waals surface area contributed by atoms with E-state index < -0.39 is 18.5 Å². The average molecular weight is 146 g/mol. The summed E-state index contributed by atoms with van der Waals surface area (Å²) in [5.41, 5.74) is 0. The lowest BCUT2D eigenvalue weighted by Crippen LogP contribution is -2.23. The van der Waals surface area contributed by atoms with E-state index in [-0.39, 0.29) is 0 Å². The Kier molecular flexibility index (Phi) is 5.16. The molecule has 0 aliphatic rings. The maximum absolute atomic E-state index is 10.5. The first-order valence-electron chi connectivity index (χ1n) is 3.54. The van der Waals surface area contributed by atoms with Gasteiger partial charge in [-0.2, -0.15) is 0 Å². The van der Waals surface area contributed by atoms with Gasteiger partial charge in [-0.15, -0.1) is 0 Å². The zero-order chi connectivity index (χ0) is 7.98. The molecule has 60 valence electrons. The maximum Gasteiger partial charge on any atom is 0.186 e. The number of hydrogen-bond acceptors (Lipinski definition) is 3. The lowest BCUT2D eigenvalue weighted by molar-refractivity contribution is -0.130. The first kappa shape index (κ1) is 9.59. The van der Waals surface area contributed by atoms with Crippen molar-refractivity contribution in [1.82, 2.24) is 0 Å². The van der Waals surface area contributed by atoms with Crippen LogP contribution in [0.15, 0.2) is 0 Å². The van der Waals surface area contributed by atoms with Crippen molar-refractivity contribution in [3.8, 4) is 0 Å². The fourth-order valence-corrected chi connectivity index (χ4v) is 0.664. The second kappa shape index (κ2) is 5.38. The quantitative estimate of drug-likeness (QED) is 0.578. The summed E-state index contributed by atoms with van der Waals surface area (Å²) >= 11 is 0. The SMILES string of the molecule is CCCC[C@@H](O)C(=O)CO. The van der Waals surface area contributed by atoms with E-state index in [1.807, 2.05) is 6.92 Å². The number of rotatable bonds is 5. The van der Waals surface area contributed by atoms with Crippen molar-refractivity contribution in [2.75, 3.05) is 6.61 Å². The van der Waals surface area contributed by atoms with E-state index in [0.29, 0.717) is 6.42 Å². The number of hydrogen-bond donors (Lipinski definition) is 2. The van der Waals surface area contributed by atoms with Crippen LogP contribution in [0.5, 0.6) is 0 Å². The highest BCUT2D eigenvalue weighted by atomic mass is 16.3. The molecule has 0 aromatic rings. The molecule has 0 radical (unpaired) electrons. The summed E-state index contributed by atoms with van der Waals surface area (Å²) in [6, 6.07) is 0. The van der Waals surface area contributed by atoms with Crippen molar-refractivity contribution >= 4 is 5.78 Å². The molecule has 0 spiro atoms. The van der Waals surface area contributed by atoms with E-state index in [1.165, 1.54) is 0 Å².